The third-order valence-electron chi connectivity index (χ3n) is 4.50. The van der Waals surface area contributed by atoms with Gasteiger partial charge in [-0.15, -0.1) is 0 Å². The topological polar surface area (TPSA) is 6.48 Å². The van der Waals surface area contributed by atoms with E-state index in [1.807, 2.05) is 0 Å². The molecule has 3 heteroatoms. The molecule has 0 radical (unpaired) electrons. The Morgan fingerprint density at radius 3 is 1.14 bits per heavy atom. The third kappa shape index (κ3) is 13.2. The van der Waals surface area contributed by atoms with Crippen LogP contribution in [0.3, 0.4) is 0 Å². The average molecular weight is 414 g/mol. The van der Waals surface area contributed by atoms with E-state index in [1.54, 1.807) is 8.35 Å². The molecule has 0 saturated carbocycles. The van der Waals surface area contributed by atoms with E-state index in [-0.39, 0.29) is 0 Å². The second-order valence-electron chi connectivity index (χ2n) is 7.07. The fourth-order valence-corrected chi connectivity index (χ4v) is 9.25. The Morgan fingerprint density at radius 2 is 0.864 bits per heavy atom. The predicted octanol–water partition coefficient (Wildman–Crippen LogP) is 5.14. The maximum absolute atomic E-state index is 2.68. The maximum atomic E-state index is 2.68. The molecule has 132 valence electrons. The number of rotatable bonds is 16. The van der Waals surface area contributed by atoms with Crippen molar-refractivity contribution < 1.29 is 0 Å². The van der Waals surface area contributed by atoms with Crippen LogP contribution in [-0.4, -0.2) is 70.5 Å². The van der Waals surface area contributed by atoms with Gasteiger partial charge in [0.25, 0.3) is 0 Å². The van der Waals surface area contributed by atoms with E-state index in [0.29, 0.717) is 0 Å². The van der Waals surface area contributed by atoms with Gasteiger partial charge >= 0.3 is 150 Å². The molecule has 0 saturated heterocycles. The first-order valence-corrected chi connectivity index (χ1v) is 18.1. The van der Waals surface area contributed by atoms with E-state index in [0.717, 1.165) is 0 Å². The summed E-state index contributed by atoms with van der Waals surface area (Å²) in [5.41, 5.74) is 0. The second kappa shape index (κ2) is 16.6. The SMILES string of the molecule is CCCN(CCC)CC[CH2][In]([CH3])[CH2]CCN(CCC)CCC. The van der Waals surface area contributed by atoms with Gasteiger partial charge in [0.1, 0.15) is 0 Å². The molecule has 22 heavy (non-hydrogen) atoms. The molecule has 0 bridgehead atoms. The van der Waals surface area contributed by atoms with E-state index in [2.05, 4.69) is 42.2 Å². The third-order valence-corrected chi connectivity index (χ3v) is 12.5. The Labute approximate surface area is 149 Å². The quantitative estimate of drug-likeness (QED) is 0.345. The van der Waals surface area contributed by atoms with Crippen molar-refractivity contribution in [2.24, 2.45) is 0 Å². The molecule has 0 aliphatic heterocycles. The number of nitrogens with zero attached hydrogens (tertiary/aromatic N) is 2. The van der Waals surface area contributed by atoms with Crippen molar-refractivity contribution in [3.8, 4) is 0 Å². The summed E-state index contributed by atoms with van der Waals surface area (Å²) in [6.45, 7) is 17.2. The molecule has 0 amide bonds. The molecule has 0 spiro atoms. The molecule has 2 nitrogen and oxygen atoms in total. The summed E-state index contributed by atoms with van der Waals surface area (Å²) in [5, 5.41) is 0. The van der Waals surface area contributed by atoms with Crippen LogP contribution >= 0.6 is 0 Å². The molecule has 0 aromatic heterocycles. The van der Waals surface area contributed by atoms with Crippen LogP contribution in [0, 0.1) is 0 Å². The first kappa shape index (κ1) is 22.8. The van der Waals surface area contributed by atoms with Crippen molar-refractivity contribution in [3.63, 3.8) is 0 Å². The van der Waals surface area contributed by atoms with Crippen LogP contribution in [0.2, 0.25) is 13.0 Å². The van der Waals surface area contributed by atoms with E-state index >= 15 is 0 Å². The van der Waals surface area contributed by atoms with Crippen LogP contribution in [0.25, 0.3) is 0 Å². The van der Waals surface area contributed by atoms with Crippen molar-refractivity contribution in [2.45, 2.75) is 79.3 Å². The summed E-state index contributed by atoms with van der Waals surface area (Å²) in [5.74, 6) is 0. The average Bonchev–Trinajstić information content (AvgIpc) is 2.48. The Balaban J connectivity index is 3.72. The van der Waals surface area contributed by atoms with E-state index in [9.17, 15) is 0 Å². The second-order valence-corrected chi connectivity index (χ2v) is 16.7. The molecule has 0 unspecified atom stereocenters. The summed E-state index contributed by atoms with van der Waals surface area (Å²) < 4.78 is 5.90. The molecular weight excluding hydrogens is 371 g/mol. The van der Waals surface area contributed by atoms with Gasteiger partial charge in [-0.05, 0) is 0 Å². The van der Waals surface area contributed by atoms with Crippen molar-refractivity contribution in [1.29, 1.82) is 0 Å². The van der Waals surface area contributed by atoms with Gasteiger partial charge in [0.05, 0.1) is 0 Å². The zero-order valence-corrected chi connectivity index (χ0v) is 19.7. The minimum absolute atomic E-state index is 1.14. The van der Waals surface area contributed by atoms with Gasteiger partial charge in [-0.1, -0.05) is 0 Å². The normalized spacial score (nSPS) is 11.6. The summed E-state index contributed by atoms with van der Waals surface area (Å²) in [4.78, 5) is 5.37. The van der Waals surface area contributed by atoms with Crippen molar-refractivity contribution >= 4 is 21.4 Å². The van der Waals surface area contributed by atoms with Crippen LogP contribution in [0.5, 0.6) is 0 Å². The summed E-state index contributed by atoms with van der Waals surface area (Å²) in [7, 11) is 0. The molecule has 0 aromatic rings. The fourth-order valence-electron chi connectivity index (χ4n) is 3.41. The Morgan fingerprint density at radius 1 is 0.545 bits per heavy atom. The Bertz CT molecular complexity index is 189. The van der Waals surface area contributed by atoms with Gasteiger partial charge in [0, 0.05) is 0 Å². The molecule has 0 rings (SSSR count). The molecule has 0 aliphatic carbocycles. The van der Waals surface area contributed by atoms with Crippen LogP contribution in [0.4, 0.5) is 0 Å². The van der Waals surface area contributed by atoms with Gasteiger partial charge in [-0.2, -0.15) is 0 Å². The Kier molecular flexibility index (Phi) is 17.2. The molecule has 0 atom stereocenters. The minimum atomic E-state index is -1.14. The van der Waals surface area contributed by atoms with Gasteiger partial charge in [-0.3, -0.25) is 0 Å². The standard InChI is InChI=1S/2C9H20N.CH3.In/c2*1-4-7-10(8-5-2)9-6-3;;/h2*1,4-9H2,2-3H3;1H3;. The van der Waals surface area contributed by atoms with E-state index < -0.39 is 21.4 Å². The van der Waals surface area contributed by atoms with Gasteiger partial charge in [0.15, 0.2) is 0 Å². The zero-order valence-electron chi connectivity index (χ0n) is 16.4. The number of hydrogen-bond donors (Lipinski definition) is 0. The monoisotopic (exact) mass is 414 g/mol. The summed E-state index contributed by atoms with van der Waals surface area (Å²) in [6.07, 6.45) is 8.19. The molecule has 0 aromatic carbocycles. The van der Waals surface area contributed by atoms with Crippen molar-refractivity contribution in [1.82, 2.24) is 9.80 Å². The van der Waals surface area contributed by atoms with Crippen molar-refractivity contribution in [3.05, 3.63) is 0 Å². The van der Waals surface area contributed by atoms with Crippen LogP contribution in [-0.2, 0) is 0 Å². The first-order valence-electron chi connectivity index (χ1n) is 10.1. The molecule has 0 aliphatic rings. The summed E-state index contributed by atoms with van der Waals surface area (Å²) in [6, 6.07) is 0. The first-order chi connectivity index (χ1) is 10.7. The van der Waals surface area contributed by atoms with Gasteiger partial charge in [0.2, 0.25) is 0 Å². The van der Waals surface area contributed by atoms with Gasteiger partial charge in [-0.25, -0.2) is 0 Å². The molecular formula is C19H43InN2. The van der Waals surface area contributed by atoms with Crippen molar-refractivity contribution in [2.75, 3.05) is 39.3 Å². The Hall–Kier alpha value is 0.790. The fraction of sp³-hybridized carbons (Fsp3) is 1.00. The number of hydrogen-bond acceptors (Lipinski definition) is 2. The van der Waals surface area contributed by atoms with Crippen LogP contribution < -0.4 is 0 Å². The van der Waals surface area contributed by atoms with Crippen LogP contribution in [0.1, 0.15) is 66.2 Å². The van der Waals surface area contributed by atoms with Crippen LogP contribution in [0.15, 0.2) is 0 Å². The zero-order chi connectivity index (χ0) is 16.6. The molecule has 0 heterocycles. The summed E-state index contributed by atoms with van der Waals surface area (Å²) >= 11 is -1.14. The molecule has 0 fully saturated rings. The molecule has 0 N–H and O–H groups in total. The van der Waals surface area contributed by atoms with E-state index in [4.69, 9.17) is 0 Å². The predicted molar refractivity (Wildman–Crippen MR) is 105 cm³/mol. The van der Waals surface area contributed by atoms with E-state index in [1.165, 1.54) is 77.8 Å². The van der Waals surface area contributed by atoms with Gasteiger partial charge < -0.3 is 0 Å².